The average molecular weight is 204 g/mol. The normalized spacial score (nSPS) is 10.5. The van der Waals surface area contributed by atoms with Crippen molar-refractivity contribution in [3.8, 4) is 0 Å². The highest BCUT2D eigenvalue weighted by Crippen LogP contribution is 2.13. The van der Waals surface area contributed by atoms with E-state index in [-0.39, 0.29) is 6.61 Å². The molecule has 1 rings (SSSR count). The van der Waals surface area contributed by atoms with Crippen molar-refractivity contribution in [2.24, 2.45) is 0 Å². The molecule has 0 saturated carbocycles. The lowest BCUT2D eigenvalue weighted by Gasteiger charge is -2.00. The summed E-state index contributed by atoms with van der Waals surface area (Å²) >= 11 is 4.12. The van der Waals surface area contributed by atoms with E-state index in [1.54, 1.807) is 18.2 Å². The fourth-order valence-electron chi connectivity index (χ4n) is 0.755. The maximum atomic E-state index is 10.1. The van der Waals surface area contributed by atoms with Crippen LogP contribution in [-0.2, 0) is 21.8 Å². The van der Waals surface area contributed by atoms with Crippen molar-refractivity contribution in [2.75, 3.05) is 0 Å². The zero-order valence-electron chi connectivity index (χ0n) is 6.14. The van der Waals surface area contributed by atoms with Crippen LogP contribution in [-0.4, -0.2) is 8.42 Å². The summed E-state index contributed by atoms with van der Waals surface area (Å²) in [6, 6.07) is 7.17. The van der Waals surface area contributed by atoms with Gasteiger partial charge in [0.15, 0.2) is 0 Å². The highest BCUT2D eigenvalue weighted by atomic mass is 32.2. The van der Waals surface area contributed by atoms with Gasteiger partial charge in [-0.15, -0.1) is 12.6 Å². The van der Waals surface area contributed by atoms with Gasteiger partial charge in [0.1, 0.15) is 0 Å². The Balaban J connectivity index is 2.69. The lowest BCUT2D eigenvalue weighted by molar-refractivity contribution is 0.320. The van der Waals surface area contributed by atoms with Gasteiger partial charge < -0.3 is 0 Å². The molecule has 0 heterocycles. The maximum Gasteiger partial charge on any atom is 0.257 e. The Hall–Kier alpha value is -0.520. The second kappa shape index (κ2) is 4.49. The molecule has 3 nitrogen and oxygen atoms in total. The molecule has 1 aromatic rings. The van der Waals surface area contributed by atoms with E-state index in [2.05, 4.69) is 16.8 Å². The van der Waals surface area contributed by atoms with Crippen LogP contribution in [0.2, 0.25) is 0 Å². The van der Waals surface area contributed by atoms with Crippen molar-refractivity contribution in [1.29, 1.82) is 0 Å². The van der Waals surface area contributed by atoms with Crippen LogP contribution in [0.1, 0.15) is 5.56 Å². The van der Waals surface area contributed by atoms with Gasteiger partial charge in [-0.05, 0) is 11.6 Å². The molecular weight excluding hydrogens is 196 g/mol. The Labute approximate surface area is 77.9 Å². The van der Waals surface area contributed by atoms with Gasteiger partial charge in [0, 0.05) is 4.90 Å². The molecule has 0 aliphatic rings. The number of rotatable bonds is 3. The first kappa shape index (κ1) is 9.57. The van der Waals surface area contributed by atoms with Crippen LogP contribution in [0.4, 0.5) is 0 Å². The molecule has 0 aliphatic heterocycles. The standard InChI is InChI=1S/C7H8O3S2/c8-12(9)10-5-6-3-1-2-4-7(6)11/h1-4,11-12H,5H2. The summed E-state index contributed by atoms with van der Waals surface area (Å²) in [6.45, 7) is 0.0539. The first-order valence-electron chi connectivity index (χ1n) is 3.24. The van der Waals surface area contributed by atoms with Gasteiger partial charge in [0.25, 0.3) is 11.0 Å². The molecule has 0 atom stereocenters. The van der Waals surface area contributed by atoms with E-state index in [1.165, 1.54) is 0 Å². The molecule has 0 amide bonds. The maximum absolute atomic E-state index is 10.1. The van der Waals surface area contributed by atoms with Crippen LogP contribution in [0.5, 0.6) is 0 Å². The van der Waals surface area contributed by atoms with Crippen LogP contribution in [0.25, 0.3) is 0 Å². The first-order valence-corrected chi connectivity index (χ1v) is 4.78. The van der Waals surface area contributed by atoms with Crippen molar-refractivity contribution in [1.82, 2.24) is 0 Å². The molecule has 0 N–H and O–H groups in total. The molecule has 12 heavy (non-hydrogen) atoms. The van der Waals surface area contributed by atoms with E-state index in [0.29, 0.717) is 0 Å². The third-order valence-electron chi connectivity index (χ3n) is 1.32. The van der Waals surface area contributed by atoms with E-state index in [9.17, 15) is 8.42 Å². The lowest BCUT2D eigenvalue weighted by Crippen LogP contribution is -1.91. The van der Waals surface area contributed by atoms with Crippen molar-refractivity contribution in [3.63, 3.8) is 0 Å². The molecule has 0 radical (unpaired) electrons. The summed E-state index contributed by atoms with van der Waals surface area (Å²) in [5, 5.41) is 0. The monoisotopic (exact) mass is 204 g/mol. The molecule has 0 fully saturated rings. The number of benzene rings is 1. The molecule has 0 aliphatic carbocycles. The van der Waals surface area contributed by atoms with Gasteiger partial charge >= 0.3 is 0 Å². The summed E-state index contributed by atoms with van der Waals surface area (Å²) in [5.41, 5.74) is 0.764. The first-order chi connectivity index (χ1) is 5.70. The Morgan fingerprint density at radius 3 is 2.58 bits per heavy atom. The Bertz CT molecular complexity index is 325. The van der Waals surface area contributed by atoms with Gasteiger partial charge in [0.2, 0.25) is 0 Å². The molecule has 5 heteroatoms. The van der Waals surface area contributed by atoms with Crippen LogP contribution in [0.15, 0.2) is 29.2 Å². The molecule has 0 spiro atoms. The molecule has 0 aromatic heterocycles. The number of thiol groups is 2. The Kier molecular flexibility index (Phi) is 3.58. The van der Waals surface area contributed by atoms with Crippen LogP contribution in [0.3, 0.4) is 0 Å². The minimum Gasteiger partial charge on any atom is -0.267 e. The van der Waals surface area contributed by atoms with E-state index in [1.807, 2.05) is 6.07 Å². The molecular formula is C7H8O3S2. The predicted octanol–water partition coefficient (Wildman–Crippen LogP) is 1.02. The van der Waals surface area contributed by atoms with Gasteiger partial charge in [-0.3, -0.25) is 4.18 Å². The molecule has 0 unspecified atom stereocenters. The third-order valence-corrected chi connectivity index (χ3v) is 2.09. The van der Waals surface area contributed by atoms with Gasteiger partial charge in [-0.1, -0.05) is 18.2 Å². The zero-order chi connectivity index (χ0) is 8.97. The molecule has 0 bridgehead atoms. The predicted molar refractivity (Wildman–Crippen MR) is 48.8 cm³/mol. The minimum absolute atomic E-state index is 0.0539. The highest BCUT2D eigenvalue weighted by molar-refractivity contribution is 7.80. The fraction of sp³-hybridized carbons (Fsp3) is 0.143. The summed E-state index contributed by atoms with van der Waals surface area (Å²) in [6.07, 6.45) is 0. The van der Waals surface area contributed by atoms with E-state index < -0.39 is 11.0 Å². The molecule has 0 saturated heterocycles. The van der Waals surface area contributed by atoms with Gasteiger partial charge in [-0.25, -0.2) is 8.42 Å². The Morgan fingerprint density at radius 2 is 2.00 bits per heavy atom. The second-order valence-electron chi connectivity index (χ2n) is 2.13. The SMILES string of the molecule is O=[SH](=O)OCc1ccccc1S. The lowest BCUT2D eigenvalue weighted by atomic mass is 10.2. The smallest absolute Gasteiger partial charge is 0.257 e. The van der Waals surface area contributed by atoms with E-state index in [0.717, 1.165) is 10.5 Å². The topological polar surface area (TPSA) is 43.4 Å². The summed E-state index contributed by atoms with van der Waals surface area (Å²) in [7, 11) is -2.77. The van der Waals surface area contributed by atoms with Crippen molar-refractivity contribution in [2.45, 2.75) is 11.5 Å². The highest BCUT2D eigenvalue weighted by Gasteiger charge is 1.97. The van der Waals surface area contributed by atoms with E-state index in [4.69, 9.17) is 0 Å². The van der Waals surface area contributed by atoms with Crippen molar-refractivity contribution in [3.05, 3.63) is 29.8 Å². The average Bonchev–Trinajstić information content (AvgIpc) is 2.03. The molecule has 1 aromatic carbocycles. The van der Waals surface area contributed by atoms with E-state index >= 15 is 0 Å². The van der Waals surface area contributed by atoms with Crippen LogP contribution in [0, 0.1) is 0 Å². The minimum atomic E-state index is -2.77. The quantitative estimate of drug-likeness (QED) is 0.722. The number of hydrogen-bond donors (Lipinski definition) is 2. The summed E-state index contributed by atoms with van der Waals surface area (Å²) < 4.78 is 24.6. The third kappa shape index (κ3) is 2.84. The van der Waals surface area contributed by atoms with Crippen LogP contribution >= 0.6 is 12.6 Å². The second-order valence-corrected chi connectivity index (χ2v) is 3.31. The van der Waals surface area contributed by atoms with Gasteiger partial charge in [-0.2, -0.15) is 0 Å². The summed E-state index contributed by atoms with van der Waals surface area (Å²) in [4.78, 5) is 0.731. The van der Waals surface area contributed by atoms with Crippen molar-refractivity contribution < 1.29 is 12.6 Å². The molecule has 66 valence electrons. The fourth-order valence-corrected chi connectivity index (χ4v) is 1.22. The number of hydrogen-bond acceptors (Lipinski definition) is 4. The summed E-state index contributed by atoms with van der Waals surface area (Å²) in [5.74, 6) is 0. The van der Waals surface area contributed by atoms with Crippen LogP contribution < -0.4 is 0 Å². The Morgan fingerprint density at radius 1 is 1.33 bits per heavy atom. The van der Waals surface area contributed by atoms with Gasteiger partial charge in [0.05, 0.1) is 6.61 Å². The van der Waals surface area contributed by atoms with Crippen molar-refractivity contribution >= 4 is 23.6 Å². The zero-order valence-corrected chi connectivity index (χ0v) is 7.92. The largest absolute Gasteiger partial charge is 0.267 e.